The number of hydrogen-bond acceptors (Lipinski definition) is 5. The second-order valence-corrected chi connectivity index (χ2v) is 4.96. The standard InChI is InChI=1S/C13H16N4OS/c14-12(18)5-3-6-15-8-10-9-19-13(17-10)11-4-1-2-7-16-11/h1-2,4,7,9,15H,3,5-6,8H2,(H2,14,18). The van der Waals surface area contributed by atoms with Gasteiger partial charge in [0.15, 0.2) is 0 Å². The molecule has 5 nitrogen and oxygen atoms in total. The third kappa shape index (κ3) is 4.42. The Morgan fingerprint density at radius 3 is 3.05 bits per heavy atom. The Balaban J connectivity index is 1.80. The summed E-state index contributed by atoms with van der Waals surface area (Å²) in [6, 6.07) is 5.78. The van der Waals surface area contributed by atoms with Crippen molar-refractivity contribution >= 4 is 17.2 Å². The van der Waals surface area contributed by atoms with Gasteiger partial charge in [0.2, 0.25) is 5.91 Å². The van der Waals surface area contributed by atoms with E-state index >= 15 is 0 Å². The second-order valence-electron chi connectivity index (χ2n) is 4.11. The lowest BCUT2D eigenvalue weighted by Crippen LogP contribution is -2.18. The van der Waals surface area contributed by atoms with Crippen molar-refractivity contribution < 1.29 is 4.79 Å². The van der Waals surface area contributed by atoms with Gasteiger partial charge in [-0.15, -0.1) is 11.3 Å². The molecule has 0 saturated heterocycles. The predicted molar refractivity (Wildman–Crippen MR) is 75.5 cm³/mol. The highest BCUT2D eigenvalue weighted by Gasteiger charge is 2.04. The third-order valence-corrected chi connectivity index (χ3v) is 3.43. The Kier molecular flexibility index (Phi) is 5.00. The molecule has 100 valence electrons. The predicted octanol–water partition coefficient (Wildman–Crippen LogP) is 1.56. The molecule has 0 saturated carbocycles. The number of pyridine rings is 1. The molecular formula is C13H16N4OS. The van der Waals surface area contributed by atoms with E-state index in [0.29, 0.717) is 13.0 Å². The monoisotopic (exact) mass is 276 g/mol. The maximum atomic E-state index is 10.6. The molecule has 0 radical (unpaired) electrons. The lowest BCUT2D eigenvalue weighted by molar-refractivity contribution is -0.118. The van der Waals surface area contributed by atoms with Crippen LogP contribution in [0.15, 0.2) is 29.8 Å². The van der Waals surface area contributed by atoms with E-state index in [4.69, 9.17) is 5.73 Å². The maximum Gasteiger partial charge on any atom is 0.217 e. The van der Waals surface area contributed by atoms with E-state index in [1.807, 2.05) is 23.6 Å². The van der Waals surface area contributed by atoms with Gasteiger partial charge >= 0.3 is 0 Å². The van der Waals surface area contributed by atoms with Gasteiger partial charge in [-0.3, -0.25) is 9.78 Å². The first-order valence-electron chi connectivity index (χ1n) is 6.10. The van der Waals surface area contributed by atoms with E-state index in [-0.39, 0.29) is 5.91 Å². The van der Waals surface area contributed by atoms with Crippen LogP contribution in [-0.4, -0.2) is 22.4 Å². The van der Waals surface area contributed by atoms with Crippen LogP contribution in [0.2, 0.25) is 0 Å². The number of thiazole rings is 1. The molecule has 0 atom stereocenters. The van der Waals surface area contributed by atoms with Gasteiger partial charge in [-0.2, -0.15) is 0 Å². The Hall–Kier alpha value is -1.79. The maximum absolute atomic E-state index is 10.6. The Morgan fingerprint density at radius 1 is 1.42 bits per heavy atom. The van der Waals surface area contributed by atoms with Gasteiger partial charge in [0, 0.05) is 24.5 Å². The van der Waals surface area contributed by atoms with Crippen molar-refractivity contribution in [3.05, 3.63) is 35.5 Å². The van der Waals surface area contributed by atoms with Crippen molar-refractivity contribution in [3.63, 3.8) is 0 Å². The van der Waals surface area contributed by atoms with Crippen molar-refractivity contribution in [2.75, 3.05) is 6.54 Å². The average Bonchev–Trinajstić information content (AvgIpc) is 2.88. The Morgan fingerprint density at radius 2 is 2.32 bits per heavy atom. The van der Waals surface area contributed by atoms with Crippen LogP contribution < -0.4 is 11.1 Å². The van der Waals surface area contributed by atoms with Crippen LogP contribution in [0.3, 0.4) is 0 Å². The second kappa shape index (κ2) is 6.96. The number of nitrogens with two attached hydrogens (primary N) is 1. The van der Waals surface area contributed by atoms with Crippen molar-refractivity contribution in [1.82, 2.24) is 15.3 Å². The van der Waals surface area contributed by atoms with Crippen molar-refractivity contribution in [3.8, 4) is 10.7 Å². The van der Waals surface area contributed by atoms with Crippen LogP contribution >= 0.6 is 11.3 Å². The number of carbonyl (C=O) groups is 1. The molecule has 0 spiro atoms. The highest BCUT2D eigenvalue weighted by Crippen LogP contribution is 2.20. The minimum Gasteiger partial charge on any atom is -0.370 e. The normalized spacial score (nSPS) is 10.5. The Bertz CT molecular complexity index is 526. The largest absolute Gasteiger partial charge is 0.370 e. The van der Waals surface area contributed by atoms with Gasteiger partial charge < -0.3 is 11.1 Å². The summed E-state index contributed by atoms with van der Waals surface area (Å²) < 4.78 is 0. The van der Waals surface area contributed by atoms with Gasteiger partial charge in [0.1, 0.15) is 5.01 Å². The molecule has 2 aromatic heterocycles. The van der Waals surface area contributed by atoms with Crippen LogP contribution in [0.5, 0.6) is 0 Å². The average molecular weight is 276 g/mol. The first-order chi connectivity index (χ1) is 9.25. The molecule has 2 heterocycles. The summed E-state index contributed by atoms with van der Waals surface area (Å²) in [7, 11) is 0. The molecule has 2 rings (SSSR count). The number of primary amides is 1. The van der Waals surface area contributed by atoms with Crippen molar-refractivity contribution in [2.24, 2.45) is 5.73 Å². The molecule has 0 fully saturated rings. The topological polar surface area (TPSA) is 80.9 Å². The lowest BCUT2D eigenvalue weighted by Gasteiger charge is -2.00. The zero-order valence-electron chi connectivity index (χ0n) is 10.5. The number of nitrogens with one attached hydrogen (secondary N) is 1. The molecule has 0 aromatic carbocycles. The smallest absolute Gasteiger partial charge is 0.217 e. The highest BCUT2D eigenvalue weighted by molar-refractivity contribution is 7.13. The fraction of sp³-hybridized carbons (Fsp3) is 0.308. The van der Waals surface area contributed by atoms with Crippen LogP contribution in [0.4, 0.5) is 0 Å². The molecule has 3 N–H and O–H groups in total. The molecular weight excluding hydrogens is 260 g/mol. The lowest BCUT2D eigenvalue weighted by atomic mass is 10.3. The molecule has 0 unspecified atom stereocenters. The summed E-state index contributed by atoms with van der Waals surface area (Å²) in [6.07, 6.45) is 2.94. The van der Waals surface area contributed by atoms with Gasteiger partial charge in [-0.1, -0.05) is 6.07 Å². The fourth-order valence-electron chi connectivity index (χ4n) is 1.60. The summed E-state index contributed by atoms with van der Waals surface area (Å²) in [5.74, 6) is -0.257. The van der Waals surface area contributed by atoms with E-state index in [1.54, 1.807) is 17.5 Å². The first-order valence-corrected chi connectivity index (χ1v) is 6.98. The fourth-order valence-corrected chi connectivity index (χ4v) is 2.39. The van der Waals surface area contributed by atoms with E-state index in [9.17, 15) is 4.79 Å². The van der Waals surface area contributed by atoms with Gasteiger partial charge in [0.05, 0.1) is 11.4 Å². The van der Waals surface area contributed by atoms with Crippen LogP contribution in [0.1, 0.15) is 18.5 Å². The summed E-state index contributed by atoms with van der Waals surface area (Å²) in [6.45, 7) is 1.46. The molecule has 1 amide bonds. The van der Waals surface area contributed by atoms with E-state index in [2.05, 4.69) is 15.3 Å². The quantitative estimate of drug-likeness (QED) is 0.752. The molecule has 2 aromatic rings. The SMILES string of the molecule is NC(=O)CCCNCc1csc(-c2ccccn2)n1. The molecule has 19 heavy (non-hydrogen) atoms. The number of carbonyl (C=O) groups excluding carboxylic acids is 1. The number of aromatic nitrogens is 2. The molecule has 0 aliphatic heterocycles. The van der Waals surface area contributed by atoms with Crippen molar-refractivity contribution in [1.29, 1.82) is 0 Å². The summed E-state index contributed by atoms with van der Waals surface area (Å²) >= 11 is 1.58. The van der Waals surface area contributed by atoms with Crippen molar-refractivity contribution in [2.45, 2.75) is 19.4 Å². The third-order valence-electron chi connectivity index (χ3n) is 2.52. The highest BCUT2D eigenvalue weighted by atomic mass is 32.1. The molecule has 0 aliphatic rings. The Labute approximate surface area is 115 Å². The van der Waals surface area contributed by atoms with Crippen LogP contribution in [0.25, 0.3) is 10.7 Å². The molecule has 0 bridgehead atoms. The zero-order valence-corrected chi connectivity index (χ0v) is 11.3. The summed E-state index contributed by atoms with van der Waals surface area (Å²) in [5.41, 5.74) is 6.96. The van der Waals surface area contributed by atoms with E-state index in [1.165, 1.54) is 0 Å². The minimum absolute atomic E-state index is 0.257. The van der Waals surface area contributed by atoms with Gasteiger partial charge in [-0.05, 0) is 25.1 Å². The number of hydrogen-bond donors (Lipinski definition) is 2. The van der Waals surface area contributed by atoms with E-state index in [0.717, 1.165) is 29.4 Å². The molecule has 6 heteroatoms. The number of nitrogens with zero attached hydrogens (tertiary/aromatic N) is 2. The van der Waals surface area contributed by atoms with E-state index < -0.39 is 0 Å². The van der Waals surface area contributed by atoms with Gasteiger partial charge in [0.25, 0.3) is 0 Å². The number of rotatable bonds is 7. The first kappa shape index (κ1) is 13.6. The van der Waals surface area contributed by atoms with Crippen LogP contribution in [-0.2, 0) is 11.3 Å². The van der Waals surface area contributed by atoms with Crippen LogP contribution in [0, 0.1) is 0 Å². The zero-order chi connectivity index (χ0) is 13.5. The summed E-state index contributed by atoms with van der Waals surface area (Å²) in [4.78, 5) is 19.4. The minimum atomic E-state index is -0.257. The van der Waals surface area contributed by atoms with Gasteiger partial charge in [-0.25, -0.2) is 4.98 Å². The molecule has 0 aliphatic carbocycles. The summed E-state index contributed by atoms with van der Waals surface area (Å²) in [5, 5.41) is 6.18. The number of amides is 1.